The van der Waals surface area contributed by atoms with Gasteiger partial charge >= 0.3 is 0 Å². The zero-order chi connectivity index (χ0) is 11.3. The minimum Gasteiger partial charge on any atom is -0.377 e. The molecule has 0 bridgehead atoms. The number of rotatable bonds is 3. The molecule has 2 nitrogen and oxygen atoms in total. The Labute approximate surface area is 89.6 Å². The minimum atomic E-state index is -1.49. The van der Waals surface area contributed by atoms with Gasteiger partial charge in [0.15, 0.2) is 5.78 Å². The van der Waals surface area contributed by atoms with Gasteiger partial charge in [-0.1, -0.05) is 30.3 Å². The van der Waals surface area contributed by atoms with E-state index in [1.165, 1.54) is 13.0 Å². The van der Waals surface area contributed by atoms with Crippen LogP contribution >= 0.6 is 0 Å². The number of ketones is 1. The van der Waals surface area contributed by atoms with Crippen LogP contribution in [0.5, 0.6) is 0 Å². The maximum absolute atomic E-state index is 11.8. The first-order valence-corrected chi connectivity index (χ1v) is 4.78. The lowest BCUT2D eigenvalue weighted by Gasteiger charge is -2.15. The number of hydrogen-bond donors (Lipinski definition) is 1. The largest absolute Gasteiger partial charge is 0.377 e. The van der Waals surface area contributed by atoms with Gasteiger partial charge in [0, 0.05) is 5.56 Å². The first-order chi connectivity index (χ1) is 7.08. The molecule has 0 aliphatic heterocycles. The standard InChI is InChI=1S/C13H14O2/c1-3-4-10-13(2,15)12(14)11-8-6-5-7-9-11/h3,5-10,15H,1-2H3. The number of benzene rings is 1. The second kappa shape index (κ2) is 4.74. The van der Waals surface area contributed by atoms with Crippen molar-refractivity contribution >= 4 is 5.78 Å². The Bertz CT molecular complexity index is 396. The Morgan fingerprint density at radius 1 is 1.40 bits per heavy atom. The summed E-state index contributed by atoms with van der Waals surface area (Å²) in [5, 5.41) is 9.88. The van der Waals surface area contributed by atoms with E-state index in [9.17, 15) is 9.90 Å². The minimum absolute atomic E-state index is 0.322. The van der Waals surface area contributed by atoms with Crippen molar-refractivity contribution in [3.8, 4) is 0 Å². The molecule has 0 saturated carbocycles. The lowest BCUT2D eigenvalue weighted by atomic mass is 9.95. The molecule has 0 radical (unpaired) electrons. The Kier molecular flexibility index (Phi) is 3.62. The van der Waals surface area contributed by atoms with Gasteiger partial charge in [0.25, 0.3) is 0 Å². The van der Waals surface area contributed by atoms with E-state index in [0.29, 0.717) is 5.56 Å². The Morgan fingerprint density at radius 3 is 2.53 bits per heavy atom. The van der Waals surface area contributed by atoms with E-state index in [2.05, 4.69) is 5.73 Å². The van der Waals surface area contributed by atoms with Gasteiger partial charge in [-0.2, -0.15) is 0 Å². The molecule has 1 rings (SSSR count). The van der Waals surface area contributed by atoms with E-state index in [1.807, 2.05) is 6.07 Å². The Morgan fingerprint density at radius 2 is 2.00 bits per heavy atom. The molecule has 0 aliphatic carbocycles. The van der Waals surface area contributed by atoms with Gasteiger partial charge in [-0.3, -0.25) is 4.79 Å². The van der Waals surface area contributed by atoms with Crippen LogP contribution in [0.25, 0.3) is 0 Å². The molecule has 0 fully saturated rings. The summed E-state index contributed by atoms with van der Waals surface area (Å²) in [4.78, 5) is 11.8. The summed E-state index contributed by atoms with van der Waals surface area (Å²) in [5.41, 5.74) is 1.72. The molecule has 0 spiro atoms. The van der Waals surface area contributed by atoms with Crippen molar-refractivity contribution in [2.45, 2.75) is 19.4 Å². The monoisotopic (exact) mass is 202 g/mol. The summed E-state index contributed by atoms with van der Waals surface area (Å²) in [6.07, 6.45) is 3.01. The SMILES string of the molecule is CC=C=CC(C)(O)C(=O)c1ccccc1. The van der Waals surface area contributed by atoms with Crippen molar-refractivity contribution < 1.29 is 9.90 Å². The molecule has 1 aromatic rings. The van der Waals surface area contributed by atoms with E-state index in [0.717, 1.165) is 0 Å². The molecule has 0 saturated heterocycles. The van der Waals surface area contributed by atoms with Crippen LogP contribution in [0.15, 0.2) is 48.2 Å². The molecule has 1 N–H and O–H groups in total. The highest BCUT2D eigenvalue weighted by atomic mass is 16.3. The molecule has 0 heterocycles. The van der Waals surface area contributed by atoms with Crippen molar-refractivity contribution in [3.63, 3.8) is 0 Å². The van der Waals surface area contributed by atoms with Crippen molar-refractivity contribution in [3.05, 3.63) is 53.8 Å². The van der Waals surface area contributed by atoms with E-state index in [4.69, 9.17) is 0 Å². The lowest BCUT2D eigenvalue weighted by molar-refractivity contribution is 0.0592. The van der Waals surface area contributed by atoms with Crippen LogP contribution in [0.1, 0.15) is 24.2 Å². The summed E-state index contributed by atoms with van der Waals surface area (Å²) in [5.74, 6) is -0.322. The number of aliphatic hydroxyl groups is 1. The average Bonchev–Trinajstić information content (AvgIpc) is 2.26. The van der Waals surface area contributed by atoms with Crippen LogP contribution in [-0.2, 0) is 0 Å². The summed E-state index contributed by atoms with van der Waals surface area (Å²) < 4.78 is 0. The molecule has 1 unspecified atom stereocenters. The maximum atomic E-state index is 11.8. The molecule has 78 valence electrons. The molecule has 15 heavy (non-hydrogen) atoms. The topological polar surface area (TPSA) is 37.3 Å². The summed E-state index contributed by atoms with van der Waals surface area (Å²) >= 11 is 0. The van der Waals surface area contributed by atoms with Crippen LogP contribution < -0.4 is 0 Å². The van der Waals surface area contributed by atoms with E-state index < -0.39 is 5.60 Å². The van der Waals surface area contributed by atoms with Gasteiger partial charge in [0.2, 0.25) is 0 Å². The average molecular weight is 202 g/mol. The van der Waals surface area contributed by atoms with Crippen LogP contribution in [0.2, 0.25) is 0 Å². The predicted molar refractivity (Wildman–Crippen MR) is 59.7 cm³/mol. The first-order valence-electron chi connectivity index (χ1n) is 4.78. The van der Waals surface area contributed by atoms with Crippen molar-refractivity contribution in [1.29, 1.82) is 0 Å². The fourth-order valence-corrected chi connectivity index (χ4v) is 1.19. The number of carbonyl (C=O) groups is 1. The van der Waals surface area contributed by atoms with E-state index in [1.54, 1.807) is 37.3 Å². The molecule has 0 aliphatic rings. The smallest absolute Gasteiger partial charge is 0.198 e. The van der Waals surface area contributed by atoms with E-state index >= 15 is 0 Å². The van der Waals surface area contributed by atoms with Crippen LogP contribution in [0.3, 0.4) is 0 Å². The third-order valence-corrected chi connectivity index (χ3v) is 2.03. The van der Waals surface area contributed by atoms with Crippen LogP contribution in [0.4, 0.5) is 0 Å². The quantitative estimate of drug-likeness (QED) is 0.603. The third-order valence-electron chi connectivity index (χ3n) is 2.03. The second-order valence-electron chi connectivity index (χ2n) is 3.44. The summed E-state index contributed by atoms with van der Waals surface area (Å²) in [7, 11) is 0. The molecule has 0 amide bonds. The van der Waals surface area contributed by atoms with Gasteiger partial charge < -0.3 is 5.11 Å². The van der Waals surface area contributed by atoms with Crippen LogP contribution in [0, 0.1) is 0 Å². The Hall–Kier alpha value is -1.63. The maximum Gasteiger partial charge on any atom is 0.198 e. The zero-order valence-corrected chi connectivity index (χ0v) is 8.90. The summed E-state index contributed by atoms with van der Waals surface area (Å²) in [6.45, 7) is 3.23. The predicted octanol–water partition coefficient (Wildman–Crippen LogP) is 2.35. The van der Waals surface area contributed by atoms with Crippen molar-refractivity contribution in [1.82, 2.24) is 0 Å². The second-order valence-corrected chi connectivity index (χ2v) is 3.44. The Balaban J connectivity index is 3.00. The normalized spacial score (nSPS) is 13.5. The van der Waals surface area contributed by atoms with Gasteiger partial charge in [0.05, 0.1) is 0 Å². The first kappa shape index (κ1) is 11.4. The molecule has 1 atom stereocenters. The third kappa shape index (κ3) is 2.91. The highest BCUT2D eigenvalue weighted by molar-refractivity contribution is 6.03. The lowest BCUT2D eigenvalue weighted by Crippen LogP contribution is -2.32. The van der Waals surface area contributed by atoms with Gasteiger partial charge in [-0.25, -0.2) is 0 Å². The number of hydrogen-bond acceptors (Lipinski definition) is 2. The van der Waals surface area contributed by atoms with Gasteiger partial charge in [0.1, 0.15) is 5.60 Å². The highest BCUT2D eigenvalue weighted by Gasteiger charge is 2.27. The fourth-order valence-electron chi connectivity index (χ4n) is 1.19. The fraction of sp³-hybridized carbons (Fsp3) is 0.231. The molecule has 2 heteroatoms. The van der Waals surface area contributed by atoms with Crippen molar-refractivity contribution in [2.75, 3.05) is 0 Å². The van der Waals surface area contributed by atoms with Crippen molar-refractivity contribution in [2.24, 2.45) is 0 Å². The molecule has 1 aromatic carbocycles. The van der Waals surface area contributed by atoms with Crippen LogP contribution in [-0.4, -0.2) is 16.5 Å². The number of carbonyl (C=O) groups excluding carboxylic acids is 1. The number of Topliss-reactive ketones (excluding diaryl/α,β-unsaturated/α-hetero) is 1. The highest BCUT2D eigenvalue weighted by Crippen LogP contribution is 2.14. The summed E-state index contributed by atoms with van der Waals surface area (Å²) in [6, 6.07) is 8.72. The van der Waals surface area contributed by atoms with Gasteiger partial charge in [-0.15, -0.1) is 5.73 Å². The molecular formula is C13H14O2. The van der Waals surface area contributed by atoms with Gasteiger partial charge in [-0.05, 0) is 26.0 Å². The molecular weight excluding hydrogens is 188 g/mol. The molecule has 0 aromatic heterocycles. The zero-order valence-electron chi connectivity index (χ0n) is 8.90. The van der Waals surface area contributed by atoms with E-state index in [-0.39, 0.29) is 5.78 Å².